The molecule has 0 spiro atoms. The Morgan fingerprint density at radius 1 is 1.21 bits per heavy atom. The highest BCUT2D eigenvalue weighted by Gasteiger charge is 2.05. The van der Waals surface area contributed by atoms with Gasteiger partial charge in [-0.2, -0.15) is 0 Å². The van der Waals surface area contributed by atoms with Crippen LogP contribution in [0.25, 0.3) is 0 Å². The first kappa shape index (κ1) is 13.3. The minimum absolute atomic E-state index is 0.789. The Balaban J connectivity index is 2.13. The summed E-state index contributed by atoms with van der Waals surface area (Å²) in [5.41, 5.74) is 2.25. The van der Waals surface area contributed by atoms with Gasteiger partial charge in [-0.3, -0.25) is 0 Å². The van der Waals surface area contributed by atoms with Crippen LogP contribution in [0.2, 0.25) is 0 Å². The molecule has 0 bridgehead atoms. The second-order valence-corrected chi connectivity index (χ2v) is 4.43. The van der Waals surface area contributed by atoms with Crippen molar-refractivity contribution in [2.75, 3.05) is 19.1 Å². The molecule has 2 rings (SSSR count). The minimum Gasteiger partial charge on any atom is -0.497 e. The van der Waals surface area contributed by atoms with E-state index in [4.69, 9.17) is 4.74 Å². The van der Waals surface area contributed by atoms with Crippen molar-refractivity contribution in [3.63, 3.8) is 0 Å². The lowest BCUT2D eigenvalue weighted by molar-refractivity contribution is 0.414. The first-order valence-corrected chi connectivity index (χ1v) is 6.38. The fourth-order valence-corrected chi connectivity index (χ4v) is 1.91. The molecule has 19 heavy (non-hydrogen) atoms. The van der Waals surface area contributed by atoms with E-state index in [1.807, 2.05) is 31.3 Å². The molecule has 0 aliphatic heterocycles. The number of nitrogens with zero attached hydrogens (tertiary/aromatic N) is 3. The summed E-state index contributed by atoms with van der Waals surface area (Å²) in [6, 6.07) is 10.1. The minimum atomic E-state index is 0.789. The lowest BCUT2D eigenvalue weighted by Gasteiger charge is -2.18. The fraction of sp³-hybridized carbons (Fsp3) is 0.333. The van der Waals surface area contributed by atoms with Gasteiger partial charge in [-0.1, -0.05) is 19.1 Å². The highest BCUT2D eigenvalue weighted by Crippen LogP contribution is 2.17. The molecule has 0 aliphatic rings. The first-order valence-electron chi connectivity index (χ1n) is 6.38. The number of methoxy groups -OCH3 is 1. The highest BCUT2D eigenvalue weighted by atomic mass is 16.5. The van der Waals surface area contributed by atoms with Crippen LogP contribution < -0.4 is 9.64 Å². The Morgan fingerprint density at radius 2 is 2.05 bits per heavy atom. The average Bonchev–Trinajstić information content (AvgIpc) is 2.47. The van der Waals surface area contributed by atoms with E-state index >= 15 is 0 Å². The van der Waals surface area contributed by atoms with Gasteiger partial charge in [0.25, 0.3) is 0 Å². The molecule has 0 radical (unpaired) electrons. The molecule has 0 atom stereocenters. The Hall–Kier alpha value is -2.10. The largest absolute Gasteiger partial charge is 0.497 e. The van der Waals surface area contributed by atoms with Crippen molar-refractivity contribution >= 4 is 5.82 Å². The van der Waals surface area contributed by atoms with Crippen molar-refractivity contribution in [1.82, 2.24) is 9.97 Å². The molecule has 0 unspecified atom stereocenters. The molecule has 0 aliphatic carbocycles. The van der Waals surface area contributed by atoms with E-state index in [-0.39, 0.29) is 0 Å². The van der Waals surface area contributed by atoms with Gasteiger partial charge in [0.2, 0.25) is 0 Å². The van der Waals surface area contributed by atoms with Crippen LogP contribution in [0, 0.1) is 0 Å². The summed E-state index contributed by atoms with van der Waals surface area (Å²) in [4.78, 5) is 10.6. The second kappa shape index (κ2) is 6.18. The number of aryl methyl sites for hydroxylation is 1. The predicted molar refractivity (Wildman–Crippen MR) is 76.5 cm³/mol. The quantitative estimate of drug-likeness (QED) is 0.825. The number of aromatic nitrogens is 2. The van der Waals surface area contributed by atoms with Crippen LogP contribution in [0.3, 0.4) is 0 Å². The molecule has 4 heteroatoms. The molecule has 2 aromatic rings. The topological polar surface area (TPSA) is 38.2 Å². The molecule has 0 saturated heterocycles. The third kappa shape index (κ3) is 3.44. The Kier molecular flexibility index (Phi) is 4.34. The molecular formula is C15H19N3O. The van der Waals surface area contributed by atoms with E-state index in [9.17, 15) is 0 Å². The highest BCUT2D eigenvalue weighted by molar-refractivity contribution is 5.40. The number of hydrogen-bond acceptors (Lipinski definition) is 4. The fourth-order valence-electron chi connectivity index (χ4n) is 1.91. The van der Waals surface area contributed by atoms with Crippen LogP contribution in [0.15, 0.2) is 36.7 Å². The lowest BCUT2D eigenvalue weighted by atomic mass is 10.2. The van der Waals surface area contributed by atoms with Gasteiger partial charge in [-0.05, 0) is 24.1 Å². The van der Waals surface area contributed by atoms with Crippen LogP contribution in [0.5, 0.6) is 5.75 Å². The summed E-state index contributed by atoms with van der Waals surface area (Å²) in [7, 11) is 3.71. The monoisotopic (exact) mass is 257 g/mol. The van der Waals surface area contributed by atoms with Gasteiger partial charge in [0.1, 0.15) is 17.9 Å². The number of hydrogen-bond donors (Lipinski definition) is 0. The maximum atomic E-state index is 5.23. The summed E-state index contributed by atoms with van der Waals surface area (Å²) in [5, 5.41) is 0. The van der Waals surface area contributed by atoms with Crippen LogP contribution in [0.4, 0.5) is 5.82 Å². The van der Waals surface area contributed by atoms with Crippen LogP contribution in [0.1, 0.15) is 18.2 Å². The Labute approximate surface area is 114 Å². The second-order valence-electron chi connectivity index (χ2n) is 4.43. The van der Waals surface area contributed by atoms with Gasteiger partial charge < -0.3 is 9.64 Å². The number of benzene rings is 1. The lowest BCUT2D eigenvalue weighted by Crippen LogP contribution is -2.18. The standard InChI is InChI=1S/C15H19N3O/c1-4-13-9-15(17-11-16-13)18(2)10-12-6-5-7-14(8-12)19-3/h5-9,11H,4,10H2,1-3H3. The van der Waals surface area contributed by atoms with Crippen molar-refractivity contribution in [2.24, 2.45) is 0 Å². The number of anilines is 1. The van der Waals surface area contributed by atoms with Gasteiger partial charge in [0, 0.05) is 25.4 Å². The molecule has 100 valence electrons. The smallest absolute Gasteiger partial charge is 0.132 e. The van der Waals surface area contributed by atoms with E-state index in [1.54, 1.807) is 13.4 Å². The molecule has 0 amide bonds. The average molecular weight is 257 g/mol. The van der Waals surface area contributed by atoms with Crippen LogP contribution in [-0.4, -0.2) is 24.1 Å². The van der Waals surface area contributed by atoms with Crippen molar-refractivity contribution < 1.29 is 4.74 Å². The van der Waals surface area contributed by atoms with Crippen molar-refractivity contribution in [1.29, 1.82) is 0 Å². The van der Waals surface area contributed by atoms with E-state index in [0.717, 1.165) is 30.2 Å². The molecule has 1 aromatic heterocycles. The molecule has 4 nitrogen and oxygen atoms in total. The normalized spacial score (nSPS) is 10.3. The van der Waals surface area contributed by atoms with Gasteiger partial charge in [-0.25, -0.2) is 9.97 Å². The molecule has 0 fully saturated rings. The van der Waals surface area contributed by atoms with Crippen molar-refractivity contribution in [2.45, 2.75) is 19.9 Å². The predicted octanol–water partition coefficient (Wildman–Crippen LogP) is 2.68. The SMILES string of the molecule is CCc1cc(N(C)Cc2cccc(OC)c2)ncn1. The summed E-state index contributed by atoms with van der Waals surface area (Å²) in [6.07, 6.45) is 2.54. The Morgan fingerprint density at radius 3 is 2.79 bits per heavy atom. The van der Waals surface area contributed by atoms with E-state index < -0.39 is 0 Å². The molecule has 0 N–H and O–H groups in total. The van der Waals surface area contributed by atoms with Crippen molar-refractivity contribution in [3.8, 4) is 5.75 Å². The maximum Gasteiger partial charge on any atom is 0.132 e. The summed E-state index contributed by atoms with van der Waals surface area (Å²) in [6.45, 7) is 2.88. The van der Waals surface area contributed by atoms with Gasteiger partial charge >= 0.3 is 0 Å². The third-order valence-electron chi connectivity index (χ3n) is 3.02. The molecular weight excluding hydrogens is 238 g/mol. The van der Waals surface area contributed by atoms with Crippen LogP contribution >= 0.6 is 0 Å². The van der Waals surface area contributed by atoms with E-state index in [0.29, 0.717) is 0 Å². The number of rotatable bonds is 5. The zero-order chi connectivity index (χ0) is 13.7. The third-order valence-corrected chi connectivity index (χ3v) is 3.02. The molecule has 1 aromatic carbocycles. The van der Waals surface area contributed by atoms with Gasteiger partial charge in [0.05, 0.1) is 7.11 Å². The summed E-state index contributed by atoms with van der Waals surface area (Å²) < 4.78 is 5.23. The zero-order valence-electron chi connectivity index (χ0n) is 11.6. The summed E-state index contributed by atoms with van der Waals surface area (Å²) in [5.74, 6) is 1.82. The zero-order valence-corrected chi connectivity index (χ0v) is 11.6. The van der Waals surface area contributed by atoms with Crippen molar-refractivity contribution in [3.05, 3.63) is 47.9 Å². The van der Waals surface area contributed by atoms with Gasteiger partial charge in [-0.15, -0.1) is 0 Å². The van der Waals surface area contributed by atoms with E-state index in [1.165, 1.54) is 5.56 Å². The summed E-state index contributed by atoms with van der Waals surface area (Å²) >= 11 is 0. The number of ether oxygens (including phenoxy) is 1. The van der Waals surface area contributed by atoms with E-state index in [2.05, 4.69) is 27.9 Å². The molecule has 0 saturated carbocycles. The van der Waals surface area contributed by atoms with Gasteiger partial charge in [0.15, 0.2) is 0 Å². The maximum absolute atomic E-state index is 5.23. The Bertz CT molecular complexity index is 542. The first-order chi connectivity index (χ1) is 9.22. The van der Waals surface area contributed by atoms with Crippen LogP contribution in [-0.2, 0) is 13.0 Å². The molecule has 1 heterocycles.